The lowest BCUT2D eigenvalue weighted by Gasteiger charge is -2.43. The molecule has 0 unspecified atom stereocenters. The number of rotatable bonds is 15. The van der Waals surface area contributed by atoms with Crippen molar-refractivity contribution in [1.82, 2.24) is 0 Å². The fraction of sp³-hybridized carbons (Fsp3) is 0.756. The quantitative estimate of drug-likeness (QED) is 0.100. The maximum Gasteiger partial charge on any atom is 0.306 e. The van der Waals surface area contributed by atoms with Crippen LogP contribution in [-0.2, 0) is 29.7 Å². The zero-order valence-corrected chi connectivity index (χ0v) is 39.1. The number of cyclic esters (lactones) is 1. The molecule has 0 aromatic heterocycles. The van der Waals surface area contributed by atoms with Gasteiger partial charge in [-0.1, -0.05) is 97.7 Å². The van der Waals surface area contributed by atoms with Crippen LogP contribution in [0, 0.1) is 17.8 Å². The smallest absolute Gasteiger partial charge is 0.306 e. The van der Waals surface area contributed by atoms with E-state index in [0.29, 0.717) is 18.9 Å². The fourth-order valence-electron chi connectivity index (χ4n) is 6.81. The maximum atomic E-state index is 13.2. The van der Waals surface area contributed by atoms with Gasteiger partial charge in [0.05, 0.1) is 25.9 Å². The van der Waals surface area contributed by atoms with Crippen molar-refractivity contribution in [3.8, 4) is 5.75 Å². The third-order valence-corrected chi connectivity index (χ3v) is 21.4. The summed E-state index contributed by atoms with van der Waals surface area (Å²) in [4.78, 5) is 13.2. The topological polar surface area (TPSA) is 63.2 Å². The number of carbonyl (C=O) groups excluding carboxylic acids is 1. The van der Waals surface area contributed by atoms with E-state index in [1.807, 2.05) is 24.3 Å². The number of allylic oxidation sites excluding steroid dienone is 2. The van der Waals surface area contributed by atoms with Gasteiger partial charge >= 0.3 is 5.97 Å². The van der Waals surface area contributed by atoms with Crippen LogP contribution in [0.3, 0.4) is 0 Å². The van der Waals surface area contributed by atoms with Crippen LogP contribution in [0.1, 0.15) is 134 Å². The molecule has 304 valence electrons. The molecule has 0 bridgehead atoms. The molecule has 0 saturated carbocycles. The first-order valence-corrected chi connectivity index (χ1v) is 26.3. The van der Waals surface area contributed by atoms with Crippen molar-refractivity contribution in [3.05, 3.63) is 53.1 Å². The second kappa shape index (κ2) is 20.4. The van der Waals surface area contributed by atoms with Crippen molar-refractivity contribution >= 4 is 22.6 Å². The van der Waals surface area contributed by atoms with Gasteiger partial charge < -0.3 is 23.1 Å². The van der Waals surface area contributed by atoms with Crippen LogP contribution in [0.25, 0.3) is 0 Å². The molecule has 2 rings (SSSR count). The van der Waals surface area contributed by atoms with Gasteiger partial charge in [-0.3, -0.25) is 4.79 Å². The highest BCUT2D eigenvalue weighted by Crippen LogP contribution is 2.41. The predicted molar refractivity (Wildman–Crippen MR) is 229 cm³/mol. The standard InChI is InChI=1S/C45H80O6Si2/c1-32-21-26-41(49-43(46)20-18-19-40(34(3)27-32)48-31-38-22-24-39(47-13)25-23-38)35(4)28-33(2)29-36(5)42(51-53(16,17)45(10,11)12)30-37(6)50-52(14,15)44(7,8)9/h21-25,29,34-37,40-42H,18-20,26-28,30-31H2,1-17H3/b32-21+,33-29+/t34-,35-,36+,37+,40-,41+,42+/m0/s1. The SMILES string of the molecule is COc1ccc(CO[C@H]2CCCC(=O)O[C@@H]([C@@H](C)C/C(C)=C/[C@@H](C)[C@@H](C[C@@H](C)O[Si](C)(C)C(C)(C)C)O[Si](C)(C)C(C)(C)C)C/C=C(\C)C[C@@H]2C)cc1. The van der Waals surface area contributed by atoms with E-state index in [0.717, 1.165) is 49.8 Å². The molecule has 8 heteroatoms. The van der Waals surface area contributed by atoms with Crippen LogP contribution in [0.2, 0.25) is 36.3 Å². The Morgan fingerprint density at radius 1 is 0.962 bits per heavy atom. The Kier molecular flexibility index (Phi) is 18.3. The third-order valence-electron chi connectivity index (χ3n) is 12.3. The Labute approximate surface area is 328 Å². The minimum absolute atomic E-state index is 0.0664. The van der Waals surface area contributed by atoms with E-state index >= 15 is 0 Å². The summed E-state index contributed by atoms with van der Waals surface area (Å²) in [6, 6.07) is 8.04. The minimum atomic E-state index is -2.03. The monoisotopic (exact) mass is 773 g/mol. The lowest BCUT2D eigenvalue weighted by Crippen LogP contribution is -2.48. The molecule has 0 aliphatic carbocycles. The predicted octanol–water partition coefficient (Wildman–Crippen LogP) is 12.8. The first-order chi connectivity index (χ1) is 24.3. The number of esters is 1. The van der Waals surface area contributed by atoms with Crippen molar-refractivity contribution in [1.29, 1.82) is 0 Å². The summed E-state index contributed by atoms with van der Waals surface area (Å²) in [5.74, 6) is 1.49. The van der Waals surface area contributed by atoms with E-state index in [9.17, 15) is 4.79 Å². The zero-order valence-electron chi connectivity index (χ0n) is 37.1. The molecule has 0 amide bonds. The molecule has 0 saturated heterocycles. The van der Waals surface area contributed by atoms with Gasteiger partial charge in [-0.25, -0.2) is 0 Å². The molecule has 1 aliphatic rings. The van der Waals surface area contributed by atoms with Crippen LogP contribution >= 0.6 is 0 Å². The summed E-state index contributed by atoms with van der Waals surface area (Å²) < 4.78 is 32.0. The van der Waals surface area contributed by atoms with Gasteiger partial charge in [0.1, 0.15) is 11.9 Å². The highest BCUT2D eigenvalue weighted by atomic mass is 28.4. The molecule has 1 aliphatic heterocycles. The molecule has 1 heterocycles. The van der Waals surface area contributed by atoms with E-state index in [2.05, 4.69) is 121 Å². The molecule has 0 radical (unpaired) electrons. The van der Waals surface area contributed by atoms with Crippen LogP contribution in [0.15, 0.2) is 47.6 Å². The van der Waals surface area contributed by atoms with Crippen LogP contribution < -0.4 is 4.74 Å². The van der Waals surface area contributed by atoms with Gasteiger partial charge in [-0.15, -0.1) is 0 Å². The summed E-state index contributed by atoms with van der Waals surface area (Å²) >= 11 is 0. The fourth-order valence-corrected chi connectivity index (χ4v) is 9.69. The Hall–Kier alpha value is -1.72. The molecular weight excluding hydrogens is 693 g/mol. The molecule has 1 aromatic carbocycles. The number of ether oxygens (including phenoxy) is 3. The highest BCUT2D eigenvalue weighted by Gasteiger charge is 2.42. The van der Waals surface area contributed by atoms with Crippen LogP contribution in [0.5, 0.6) is 5.75 Å². The Bertz CT molecular complexity index is 1320. The van der Waals surface area contributed by atoms with Crippen LogP contribution in [0.4, 0.5) is 0 Å². The molecule has 6 nitrogen and oxygen atoms in total. The summed E-state index contributed by atoms with van der Waals surface area (Å²) in [6.45, 7) is 37.3. The molecular formula is C45H80O6Si2. The normalized spacial score (nSPS) is 23.8. The van der Waals surface area contributed by atoms with Crippen molar-refractivity contribution in [3.63, 3.8) is 0 Å². The van der Waals surface area contributed by atoms with Gasteiger partial charge in [0.2, 0.25) is 0 Å². The summed E-state index contributed by atoms with van der Waals surface area (Å²) in [7, 11) is -2.26. The number of benzene rings is 1. The van der Waals surface area contributed by atoms with Gasteiger partial charge in [-0.05, 0) is 125 Å². The van der Waals surface area contributed by atoms with Crippen molar-refractivity contribution in [2.24, 2.45) is 17.8 Å². The average Bonchev–Trinajstić information content (AvgIpc) is 3.02. The highest BCUT2D eigenvalue weighted by molar-refractivity contribution is 6.74. The van der Waals surface area contributed by atoms with Gasteiger partial charge in [0.15, 0.2) is 16.6 Å². The largest absolute Gasteiger partial charge is 0.497 e. The number of hydrogen-bond acceptors (Lipinski definition) is 6. The van der Waals surface area contributed by atoms with Crippen LogP contribution in [-0.4, -0.2) is 54.1 Å². The van der Waals surface area contributed by atoms with E-state index in [1.54, 1.807) is 7.11 Å². The number of methoxy groups -OCH3 is 1. The summed E-state index contributed by atoms with van der Waals surface area (Å²) in [5.41, 5.74) is 3.76. The second-order valence-electron chi connectivity index (χ2n) is 19.5. The van der Waals surface area contributed by atoms with E-state index in [1.165, 1.54) is 11.1 Å². The first kappa shape index (κ1) is 47.4. The molecule has 0 fully saturated rings. The molecule has 7 atom stereocenters. The minimum Gasteiger partial charge on any atom is -0.497 e. The zero-order chi connectivity index (χ0) is 40.4. The summed E-state index contributed by atoms with van der Waals surface area (Å²) in [6.07, 6.45) is 10.2. The third kappa shape index (κ3) is 15.7. The lowest BCUT2D eigenvalue weighted by atomic mass is 9.89. The van der Waals surface area contributed by atoms with E-state index < -0.39 is 16.6 Å². The van der Waals surface area contributed by atoms with Gasteiger partial charge in [0.25, 0.3) is 0 Å². The van der Waals surface area contributed by atoms with Crippen molar-refractivity contribution in [2.45, 2.75) is 195 Å². The first-order valence-electron chi connectivity index (χ1n) is 20.5. The summed E-state index contributed by atoms with van der Waals surface area (Å²) in [5, 5.41) is 0.279. The Morgan fingerprint density at radius 2 is 1.55 bits per heavy atom. The van der Waals surface area contributed by atoms with E-state index in [-0.39, 0.29) is 52.3 Å². The Morgan fingerprint density at radius 3 is 2.11 bits per heavy atom. The molecule has 0 spiro atoms. The van der Waals surface area contributed by atoms with Gasteiger partial charge in [-0.2, -0.15) is 0 Å². The lowest BCUT2D eigenvalue weighted by molar-refractivity contribution is -0.151. The van der Waals surface area contributed by atoms with Crippen molar-refractivity contribution in [2.75, 3.05) is 7.11 Å². The maximum absolute atomic E-state index is 13.2. The van der Waals surface area contributed by atoms with Gasteiger partial charge in [0, 0.05) is 18.9 Å². The van der Waals surface area contributed by atoms with E-state index in [4.69, 9.17) is 23.1 Å². The molecule has 1 aromatic rings. The second-order valence-corrected chi connectivity index (χ2v) is 29.0. The number of hydrogen-bond donors (Lipinski definition) is 0. The Balaban J connectivity index is 2.17. The molecule has 0 N–H and O–H groups in total. The van der Waals surface area contributed by atoms with Crippen molar-refractivity contribution < 1.29 is 27.9 Å². The molecule has 53 heavy (non-hydrogen) atoms. The average molecular weight is 773 g/mol. The number of carbonyl (C=O) groups is 1.